The van der Waals surface area contributed by atoms with Gasteiger partial charge in [-0.15, -0.1) is 0 Å². The first-order valence-corrected chi connectivity index (χ1v) is 7.49. The fourth-order valence-corrected chi connectivity index (χ4v) is 2.21. The van der Waals surface area contributed by atoms with Crippen molar-refractivity contribution >= 4 is 15.9 Å². The summed E-state index contributed by atoms with van der Waals surface area (Å²) in [5.74, 6) is 0. The van der Waals surface area contributed by atoms with Gasteiger partial charge in [-0.3, -0.25) is 4.68 Å². The fourth-order valence-electron chi connectivity index (χ4n) is 1.79. The van der Waals surface area contributed by atoms with Crippen molar-refractivity contribution in [2.75, 3.05) is 33.5 Å². The minimum atomic E-state index is 0.662. The minimum Gasteiger partial charge on any atom is -0.382 e. The van der Waals surface area contributed by atoms with E-state index >= 15 is 0 Å². The zero-order chi connectivity index (χ0) is 14.1. The van der Waals surface area contributed by atoms with E-state index < -0.39 is 0 Å². The molecule has 110 valence electrons. The van der Waals surface area contributed by atoms with E-state index in [2.05, 4.69) is 33.3 Å². The zero-order valence-corrected chi connectivity index (χ0v) is 13.6. The van der Waals surface area contributed by atoms with Crippen molar-refractivity contribution in [3.05, 3.63) is 15.9 Å². The molecule has 0 aromatic carbocycles. The van der Waals surface area contributed by atoms with Gasteiger partial charge in [-0.2, -0.15) is 5.10 Å². The molecule has 1 N–H and O–H groups in total. The fraction of sp³-hybridized carbons (Fsp3) is 0.769. The maximum atomic E-state index is 5.41. The zero-order valence-electron chi connectivity index (χ0n) is 12.0. The van der Waals surface area contributed by atoms with Gasteiger partial charge in [-0.1, -0.05) is 0 Å². The lowest BCUT2D eigenvalue weighted by molar-refractivity contribution is 0.0694. The van der Waals surface area contributed by atoms with E-state index in [-0.39, 0.29) is 0 Å². The lowest BCUT2D eigenvalue weighted by Gasteiger charge is -2.08. The number of methoxy groups -OCH3 is 1. The average Bonchev–Trinajstić information content (AvgIpc) is 2.69. The summed E-state index contributed by atoms with van der Waals surface area (Å²) in [5, 5.41) is 7.89. The number of aromatic nitrogens is 2. The maximum Gasteiger partial charge on any atom is 0.0739 e. The van der Waals surface area contributed by atoms with E-state index in [0.717, 1.165) is 42.8 Å². The summed E-state index contributed by atoms with van der Waals surface area (Å²) >= 11 is 3.59. The Morgan fingerprint density at radius 2 is 2.11 bits per heavy atom. The van der Waals surface area contributed by atoms with Gasteiger partial charge in [0.1, 0.15) is 0 Å². The van der Waals surface area contributed by atoms with Gasteiger partial charge < -0.3 is 14.8 Å². The van der Waals surface area contributed by atoms with Crippen LogP contribution in [0.25, 0.3) is 0 Å². The van der Waals surface area contributed by atoms with Crippen LogP contribution in [0.5, 0.6) is 0 Å². The number of hydrogen-bond acceptors (Lipinski definition) is 4. The Labute approximate surface area is 123 Å². The van der Waals surface area contributed by atoms with E-state index in [1.165, 1.54) is 5.69 Å². The molecule has 5 nitrogen and oxygen atoms in total. The summed E-state index contributed by atoms with van der Waals surface area (Å²) in [6.45, 7) is 8.88. The summed E-state index contributed by atoms with van der Waals surface area (Å²) in [6.07, 6.45) is 1.00. The molecule has 0 fully saturated rings. The molecule has 0 spiro atoms. The number of aryl methyl sites for hydroxylation is 2. The van der Waals surface area contributed by atoms with Crippen molar-refractivity contribution in [1.82, 2.24) is 15.1 Å². The summed E-state index contributed by atoms with van der Waals surface area (Å²) in [7, 11) is 1.68. The third kappa shape index (κ3) is 5.60. The molecule has 0 atom stereocenters. The highest BCUT2D eigenvalue weighted by atomic mass is 79.9. The van der Waals surface area contributed by atoms with Gasteiger partial charge in [0, 0.05) is 26.8 Å². The third-order valence-corrected chi connectivity index (χ3v) is 3.85. The quantitative estimate of drug-likeness (QED) is 0.666. The molecule has 0 saturated carbocycles. The summed E-state index contributed by atoms with van der Waals surface area (Å²) in [4.78, 5) is 0. The molecule has 0 saturated heterocycles. The minimum absolute atomic E-state index is 0.662. The molecule has 0 aliphatic rings. The van der Waals surface area contributed by atoms with E-state index in [1.54, 1.807) is 7.11 Å². The van der Waals surface area contributed by atoms with Crippen LogP contribution in [0.1, 0.15) is 24.7 Å². The molecule has 1 heterocycles. The molecule has 1 rings (SSSR count). The lowest BCUT2D eigenvalue weighted by Crippen LogP contribution is -2.19. The first-order valence-electron chi connectivity index (χ1n) is 6.69. The Morgan fingerprint density at radius 1 is 1.32 bits per heavy atom. The van der Waals surface area contributed by atoms with Gasteiger partial charge >= 0.3 is 0 Å². The van der Waals surface area contributed by atoms with Gasteiger partial charge in [0.2, 0.25) is 0 Å². The van der Waals surface area contributed by atoms with E-state index in [4.69, 9.17) is 9.47 Å². The summed E-state index contributed by atoms with van der Waals surface area (Å²) in [5.41, 5.74) is 2.25. The van der Waals surface area contributed by atoms with Gasteiger partial charge in [-0.05, 0) is 42.7 Å². The van der Waals surface area contributed by atoms with Crippen molar-refractivity contribution in [2.45, 2.75) is 33.4 Å². The number of nitrogens with one attached hydrogen (secondary N) is 1. The molecular weight excluding hydrogens is 310 g/mol. The first kappa shape index (κ1) is 16.6. The van der Waals surface area contributed by atoms with Crippen molar-refractivity contribution in [2.24, 2.45) is 0 Å². The molecule has 0 aliphatic heterocycles. The van der Waals surface area contributed by atoms with Crippen LogP contribution >= 0.6 is 15.9 Å². The SMILES string of the molecule is CCn1nc(C)c(Br)c1CNCCCOCCOC. The first-order chi connectivity index (χ1) is 9.20. The normalized spacial score (nSPS) is 11.2. The highest BCUT2D eigenvalue weighted by Crippen LogP contribution is 2.20. The molecule has 0 aliphatic carbocycles. The smallest absolute Gasteiger partial charge is 0.0739 e. The van der Waals surface area contributed by atoms with Crippen LogP contribution in [0.3, 0.4) is 0 Å². The number of halogens is 1. The highest BCUT2D eigenvalue weighted by Gasteiger charge is 2.10. The number of hydrogen-bond donors (Lipinski definition) is 1. The van der Waals surface area contributed by atoms with Crippen LogP contribution in [0.2, 0.25) is 0 Å². The Morgan fingerprint density at radius 3 is 2.79 bits per heavy atom. The molecule has 0 radical (unpaired) electrons. The molecule has 0 bridgehead atoms. The summed E-state index contributed by atoms with van der Waals surface area (Å²) in [6, 6.07) is 0. The molecule has 0 amide bonds. The molecule has 19 heavy (non-hydrogen) atoms. The topological polar surface area (TPSA) is 48.3 Å². The van der Waals surface area contributed by atoms with Gasteiger partial charge in [0.15, 0.2) is 0 Å². The molecule has 6 heteroatoms. The predicted octanol–water partition coefficient (Wildman–Crippen LogP) is 2.12. The Hall–Kier alpha value is -0.430. The van der Waals surface area contributed by atoms with Crippen LogP contribution in [0, 0.1) is 6.92 Å². The second-order valence-corrected chi connectivity index (χ2v) is 5.09. The van der Waals surface area contributed by atoms with Gasteiger partial charge in [0.25, 0.3) is 0 Å². The highest BCUT2D eigenvalue weighted by molar-refractivity contribution is 9.10. The number of ether oxygens (including phenoxy) is 2. The Kier molecular flexibility index (Phi) is 8.29. The monoisotopic (exact) mass is 333 g/mol. The van der Waals surface area contributed by atoms with E-state index in [9.17, 15) is 0 Å². The van der Waals surface area contributed by atoms with Crippen LogP contribution in [0.15, 0.2) is 4.47 Å². The Bertz CT molecular complexity index is 369. The van der Waals surface area contributed by atoms with Crippen LogP contribution in [-0.4, -0.2) is 43.3 Å². The maximum absolute atomic E-state index is 5.41. The van der Waals surface area contributed by atoms with Crippen LogP contribution in [-0.2, 0) is 22.6 Å². The molecule has 1 aromatic heterocycles. The third-order valence-electron chi connectivity index (χ3n) is 2.82. The molecule has 0 unspecified atom stereocenters. The second kappa shape index (κ2) is 9.47. The van der Waals surface area contributed by atoms with Crippen molar-refractivity contribution < 1.29 is 9.47 Å². The average molecular weight is 334 g/mol. The largest absolute Gasteiger partial charge is 0.382 e. The lowest BCUT2D eigenvalue weighted by atomic mass is 10.3. The number of rotatable bonds is 10. The summed E-state index contributed by atoms with van der Waals surface area (Å²) < 4.78 is 13.5. The van der Waals surface area contributed by atoms with Gasteiger partial charge in [-0.25, -0.2) is 0 Å². The van der Waals surface area contributed by atoms with Gasteiger partial charge in [0.05, 0.1) is 29.1 Å². The molecule has 1 aromatic rings. The molecular formula is C13H24BrN3O2. The predicted molar refractivity (Wildman–Crippen MR) is 79.4 cm³/mol. The van der Waals surface area contributed by atoms with E-state index in [0.29, 0.717) is 13.2 Å². The number of nitrogens with zero attached hydrogens (tertiary/aromatic N) is 2. The van der Waals surface area contributed by atoms with Crippen LogP contribution in [0.4, 0.5) is 0 Å². The second-order valence-electron chi connectivity index (χ2n) is 4.30. The van der Waals surface area contributed by atoms with Crippen LogP contribution < -0.4 is 5.32 Å². The van der Waals surface area contributed by atoms with Crippen molar-refractivity contribution in [3.63, 3.8) is 0 Å². The standard InChI is InChI=1S/C13H24BrN3O2/c1-4-17-12(13(14)11(2)16-17)10-15-6-5-7-19-9-8-18-3/h15H,4-10H2,1-3H3. The van der Waals surface area contributed by atoms with Crippen molar-refractivity contribution in [3.8, 4) is 0 Å². The van der Waals surface area contributed by atoms with E-state index in [1.807, 2.05) is 11.6 Å². The van der Waals surface area contributed by atoms with Crippen molar-refractivity contribution in [1.29, 1.82) is 0 Å². The Balaban J connectivity index is 2.19.